The van der Waals surface area contributed by atoms with Crippen molar-refractivity contribution in [2.45, 2.75) is 0 Å². The third-order valence-electron chi connectivity index (χ3n) is 4.23. The van der Waals surface area contributed by atoms with Crippen LogP contribution in [0, 0.1) is 0 Å². The molecule has 0 radical (unpaired) electrons. The number of furan rings is 1. The van der Waals surface area contributed by atoms with Gasteiger partial charge >= 0.3 is 0 Å². The monoisotopic (exact) mass is 357 g/mol. The number of hydrogen-bond acceptors (Lipinski definition) is 5. The zero-order chi connectivity index (χ0) is 18.2. The van der Waals surface area contributed by atoms with Gasteiger partial charge in [0.2, 0.25) is 5.91 Å². The molecule has 1 saturated heterocycles. The number of carbonyl (C=O) groups excluding carboxylic acids is 2. The van der Waals surface area contributed by atoms with Crippen LogP contribution < -0.4 is 10.1 Å². The zero-order valence-electron chi connectivity index (χ0n) is 14.6. The summed E-state index contributed by atoms with van der Waals surface area (Å²) >= 11 is 0. The number of benzene rings is 1. The highest BCUT2D eigenvalue weighted by molar-refractivity contribution is 5.93. The van der Waals surface area contributed by atoms with Gasteiger partial charge in [0.25, 0.3) is 5.91 Å². The number of piperazine rings is 1. The second-order valence-corrected chi connectivity index (χ2v) is 6.09. The summed E-state index contributed by atoms with van der Waals surface area (Å²) in [6.45, 7) is 3.80. The SMILES string of the molecule is O=C(CN1CCN(C(=O)c2ccoc2)CC1)NCCOc1ccccc1. The van der Waals surface area contributed by atoms with Gasteiger partial charge in [0.05, 0.1) is 24.9 Å². The molecule has 7 nitrogen and oxygen atoms in total. The fourth-order valence-electron chi connectivity index (χ4n) is 2.81. The fraction of sp³-hybridized carbons (Fsp3) is 0.368. The molecule has 0 spiro atoms. The van der Waals surface area contributed by atoms with E-state index in [4.69, 9.17) is 9.15 Å². The smallest absolute Gasteiger partial charge is 0.257 e. The summed E-state index contributed by atoms with van der Waals surface area (Å²) in [6.07, 6.45) is 2.95. The van der Waals surface area contributed by atoms with Crippen LogP contribution in [-0.2, 0) is 4.79 Å². The maximum atomic E-state index is 12.2. The van der Waals surface area contributed by atoms with Gasteiger partial charge in [-0.15, -0.1) is 0 Å². The third-order valence-corrected chi connectivity index (χ3v) is 4.23. The van der Waals surface area contributed by atoms with Crippen LogP contribution in [0.2, 0.25) is 0 Å². The number of carbonyl (C=O) groups is 2. The summed E-state index contributed by atoms with van der Waals surface area (Å²) in [5, 5.41) is 2.86. The van der Waals surface area contributed by atoms with Crippen molar-refractivity contribution in [1.29, 1.82) is 0 Å². The van der Waals surface area contributed by atoms with Crippen molar-refractivity contribution in [3.63, 3.8) is 0 Å². The number of nitrogens with one attached hydrogen (secondary N) is 1. The van der Waals surface area contributed by atoms with Crippen LogP contribution in [0.5, 0.6) is 5.75 Å². The molecule has 0 unspecified atom stereocenters. The van der Waals surface area contributed by atoms with Gasteiger partial charge in [-0.25, -0.2) is 0 Å². The van der Waals surface area contributed by atoms with Crippen LogP contribution in [-0.4, -0.2) is 67.5 Å². The Morgan fingerprint density at radius 2 is 1.85 bits per heavy atom. The zero-order valence-corrected chi connectivity index (χ0v) is 14.6. The Morgan fingerprint density at radius 3 is 2.54 bits per heavy atom. The number of amides is 2. The third kappa shape index (κ3) is 5.10. The maximum Gasteiger partial charge on any atom is 0.257 e. The lowest BCUT2D eigenvalue weighted by molar-refractivity contribution is -0.122. The van der Waals surface area contributed by atoms with E-state index in [1.807, 2.05) is 35.2 Å². The molecule has 1 N–H and O–H groups in total. The van der Waals surface area contributed by atoms with Gasteiger partial charge in [0, 0.05) is 26.2 Å². The summed E-state index contributed by atoms with van der Waals surface area (Å²) in [5.74, 6) is 0.734. The molecule has 0 aliphatic carbocycles. The van der Waals surface area contributed by atoms with E-state index in [1.165, 1.54) is 12.5 Å². The normalized spacial score (nSPS) is 14.8. The highest BCUT2D eigenvalue weighted by Crippen LogP contribution is 2.09. The molecule has 1 fully saturated rings. The largest absolute Gasteiger partial charge is 0.492 e. The molecule has 138 valence electrons. The molecule has 0 saturated carbocycles. The fourth-order valence-corrected chi connectivity index (χ4v) is 2.81. The molecule has 2 heterocycles. The van der Waals surface area contributed by atoms with Crippen LogP contribution in [0.4, 0.5) is 0 Å². The van der Waals surface area contributed by atoms with Gasteiger partial charge < -0.3 is 19.4 Å². The Balaban J connectivity index is 1.31. The topological polar surface area (TPSA) is 75.0 Å². The highest BCUT2D eigenvalue weighted by Gasteiger charge is 2.23. The molecule has 2 aromatic rings. The van der Waals surface area contributed by atoms with Gasteiger partial charge in [-0.1, -0.05) is 18.2 Å². The standard InChI is InChI=1S/C19H23N3O4/c23-18(20-7-13-26-17-4-2-1-3-5-17)14-21-8-10-22(11-9-21)19(24)16-6-12-25-15-16/h1-6,12,15H,7-11,13-14H2,(H,20,23). The Morgan fingerprint density at radius 1 is 1.08 bits per heavy atom. The Kier molecular flexibility index (Phi) is 6.27. The summed E-state index contributed by atoms with van der Waals surface area (Å²) in [5.41, 5.74) is 0.564. The Hall–Kier alpha value is -2.80. The van der Waals surface area contributed by atoms with Gasteiger partial charge in [0.15, 0.2) is 0 Å². The molecule has 3 rings (SSSR count). The highest BCUT2D eigenvalue weighted by atomic mass is 16.5. The van der Waals surface area contributed by atoms with Gasteiger partial charge in [-0.2, -0.15) is 0 Å². The number of rotatable bonds is 7. The first-order valence-electron chi connectivity index (χ1n) is 8.71. The minimum absolute atomic E-state index is 0.0269. The van der Waals surface area contributed by atoms with Crippen molar-refractivity contribution in [1.82, 2.24) is 15.1 Å². The predicted octanol–water partition coefficient (Wildman–Crippen LogP) is 1.23. The van der Waals surface area contributed by atoms with E-state index in [1.54, 1.807) is 11.0 Å². The molecule has 0 bridgehead atoms. The van der Waals surface area contributed by atoms with Crippen LogP contribution in [0.25, 0.3) is 0 Å². The molecule has 7 heteroatoms. The van der Waals surface area contributed by atoms with E-state index in [0.717, 1.165) is 5.75 Å². The number of nitrogens with zero attached hydrogens (tertiary/aromatic N) is 2. The van der Waals surface area contributed by atoms with Crippen molar-refractivity contribution >= 4 is 11.8 Å². The second kappa shape index (κ2) is 9.05. The lowest BCUT2D eigenvalue weighted by Gasteiger charge is -2.34. The summed E-state index contributed by atoms with van der Waals surface area (Å²) in [6, 6.07) is 11.2. The quantitative estimate of drug-likeness (QED) is 0.755. The first-order valence-corrected chi connectivity index (χ1v) is 8.71. The molecule has 2 amide bonds. The first kappa shape index (κ1) is 18.0. The maximum absolute atomic E-state index is 12.2. The molecule has 1 aromatic heterocycles. The summed E-state index contributed by atoms with van der Waals surface area (Å²) in [7, 11) is 0. The van der Waals surface area contributed by atoms with Crippen molar-refractivity contribution in [3.8, 4) is 5.75 Å². The van der Waals surface area contributed by atoms with Crippen LogP contribution in [0.15, 0.2) is 53.3 Å². The molecule has 1 aromatic carbocycles. The molecular weight excluding hydrogens is 334 g/mol. The van der Waals surface area contributed by atoms with Crippen LogP contribution in [0.1, 0.15) is 10.4 Å². The second-order valence-electron chi connectivity index (χ2n) is 6.09. The van der Waals surface area contributed by atoms with Gasteiger partial charge in [-0.3, -0.25) is 14.5 Å². The molecule has 1 aliphatic heterocycles. The van der Waals surface area contributed by atoms with E-state index in [0.29, 0.717) is 51.4 Å². The van der Waals surface area contributed by atoms with E-state index in [9.17, 15) is 9.59 Å². The Labute approximate surface area is 152 Å². The predicted molar refractivity (Wildman–Crippen MR) is 96.0 cm³/mol. The average molecular weight is 357 g/mol. The Bertz CT molecular complexity index is 695. The summed E-state index contributed by atoms with van der Waals surface area (Å²) < 4.78 is 10.5. The van der Waals surface area contributed by atoms with Crippen LogP contribution in [0.3, 0.4) is 0 Å². The van der Waals surface area contributed by atoms with E-state index < -0.39 is 0 Å². The minimum Gasteiger partial charge on any atom is -0.492 e. The molecule has 0 atom stereocenters. The molecule has 1 aliphatic rings. The van der Waals surface area contributed by atoms with E-state index >= 15 is 0 Å². The van der Waals surface area contributed by atoms with Crippen LogP contribution >= 0.6 is 0 Å². The molecule has 26 heavy (non-hydrogen) atoms. The van der Waals surface area contributed by atoms with Gasteiger partial charge in [-0.05, 0) is 18.2 Å². The van der Waals surface area contributed by atoms with Crippen molar-refractivity contribution in [2.24, 2.45) is 0 Å². The lowest BCUT2D eigenvalue weighted by atomic mass is 10.2. The van der Waals surface area contributed by atoms with E-state index in [-0.39, 0.29) is 11.8 Å². The van der Waals surface area contributed by atoms with Crippen molar-refractivity contribution in [3.05, 3.63) is 54.5 Å². The number of hydrogen-bond donors (Lipinski definition) is 1. The summed E-state index contributed by atoms with van der Waals surface area (Å²) in [4.78, 5) is 28.1. The first-order chi connectivity index (χ1) is 12.7. The number of ether oxygens (including phenoxy) is 1. The number of para-hydroxylation sites is 1. The van der Waals surface area contributed by atoms with Gasteiger partial charge in [0.1, 0.15) is 18.6 Å². The van der Waals surface area contributed by atoms with E-state index in [2.05, 4.69) is 5.32 Å². The minimum atomic E-state index is -0.0312. The lowest BCUT2D eigenvalue weighted by Crippen LogP contribution is -2.51. The van der Waals surface area contributed by atoms with Crippen molar-refractivity contribution in [2.75, 3.05) is 45.9 Å². The average Bonchev–Trinajstić information content (AvgIpc) is 3.21. The molecular formula is C19H23N3O4. The van der Waals surface area contributed by atoms with Crippen molar-refractivity contribution < 1.29 is 18.7 Å².